The summed E-state index contributed by atoms with van der Waals surface area (Å²) in [5.74, 6) is 5.54. The number of hydrogen-bond donors (Lipinski definition) is 1. The van der Waals surface area contributed by atoms with Gasteiger partial charge in [0.1, 0.15) is 0 Å². The molecule has 2 rings (SSSR count). The maximum Gasteiger partial charge on any atom is 0.246 e. The lowest BCUT2D eigenvalue weighted by Gasteiger charge is -2.19. The normalized spacial score (nSPS) is 17.3. The zero-order valence-corrected chi connectivity index (χ0v) is 9.16. The molecule has 1 aromatic rings. The van der Waals surface area contributed by atoms with Gasteiger partial charge in [0, 0.05) is 7.05 Å². The third-order valence-corrected chi connectivity index (χ3v) is 3.05. The van der Waals surface area contributed by atoms with Crippen molar-refractivity contribution in [3.05, 3.63) is 35.4 Å². The summed E-state index contributed by atoms with van der Waals surface area (Å²) < 4.78 is 0. The van der Waals surface area contributed by atoms with Crippen LogP contribution in [-0.2, 0) is 10.2 Å². The van der Waals surface area contributed by atoms with Gasteiger partial charge in [-0.2, -0.15) is 0 Å². The van der Waals surface area contributed by atoms with Crippen LogP contribution in [0.4, 0.5) is 0 Å². The maximum atomic E-state index is 11.9. The lowest BCUT2D eigenvalue weighted by atomic mass is 9.93. The Morgan fingerprint density at radius 1 is 1.47 bits per heavy atom. The van der Waals surface area contributed by atoms with Crippen molar-refractivity contribution in [3.8, 4) is 0 Å². The number of hydrogen-bond acceptors (Lipinski definition) is 2. The average molecular weight is 204 g/mol. The molecule has 1 saturated carbocycles. The first-order chi connectivity index (χ1) is 7.06. The molecule has 1 amide bonds. The van der Waals surface area contributed by atoms with Crippen LogP contribution >= 0.6 is 0 Å². The molecule has 0 unspecified atom stereocenters. The van der Waals surface area contributed by atoms with Crippen LogP contribution in [0.25, 0.3) is 0 Å². The van der Waals surface area contributed by atoms with E-state index in [-0.39, 0.29) is 11.3 Å². The van der Waals surface area contributed by atoms with Gasteiger partial charge in [0.25, 0.3) is 0 Å². The van der Waals surface area contributed by atoms with E-state index in [1.807, 2.05) is 25.1 Å². The monoisotopic (exact) mass is 204 g/mol. The summed E-state index contributed by atoms with van der Waals surface area (Å²) in [6, 6.07) is 8.13. The molecule has 80 valence electrons. The van der Waals surface area contributed by atoms with Crippen LogP contribution in [-0.4, -0.2) is 18.0 Å². The summed E-state index contributed by atoms with van der Waals surface area (Å²) >= 11 is 0. The van der Waals surface area contributed by atoms with Crippen LogP contribution in [0.3, 0.4) is 0 Å². The smallest absolute Gasteiger partial charge is 0.246 e. The number of carbonyl (C=O) groups excluding carboxylic acids is 1. The molecular weight excluding hydrogens is 188 g/mol. The van der Waals surface area contributed by atoms with Crippen molar-refractivity contribution < 1.29 is 4.79 Å². The molecule has 0 spiro atoms. The van der Waals surface area contributed by atoms with Crippen molar-refractivity contribution in [2.75, 3.05) is 7.05 Å². The highest BCUT2D eigenvalue weighted by molar-refractivity contribution is 5.90. The largest absolute Gasteiger partial charge is 0.283 e. The number of nitrogens with zero attached hydrogens (tertiary/aromatic N) is 1. The van der Waals surface area contributed by atoms with Crippen LogP contribution in [0.5, 0.6) is 0 Å². The van der Waals surface area contributed by atoms with E-state index in [0.29, 0.717) is 0 Å². The first kappa shape index (κ1) is 10.2. The Labute approximate surface area is 89.8 Å². The molecule has 15 heavy (non-hydrogen) atoms. The quantitative estimate of drug-likeness (QED) is 0.449. The SMILES string of the molecule is Cc1cccc(C2(C(=O)N(C)N)CC2)c1. The highest BCUT2D eigenvalue weighted by Crippen LogP contribution is 2.49. The highest BCUT2D eigenvalue weighted by Gasteiger charge is 2.52. The Kier molecular flexibility index (Phi) is 2.27. The molecule has 0 bridgehead atoms. The van der Waals surface area contributed by atoms with Gasteiger partial charge in [-0.25, -0.2) is 5.84 Å². The van der Waals surface area contributed by atoms with E-state index in [9.17, 15) is 4.79 Å². The predicted molar refractivity (Wildman–Crippen MR) is 59.0 cm³/mol. The minimum absolute atomic E-state index is 0.0214. The second-order valence-electron chi connectivity index (χ2n) is 4.37. The number of carbonyl (C=O) groups is 1. The minimum atomic E-state index is -0.324. The lowest BCUT2D eigenvalue weighted by Crippen LogP contribution is -2.41. The van der Waals surface area contributed by atoms with E-state index in [0.717, 1.165) is 18.4 Å². The molecule has 3 heteroatoms. The molecule has 0 atom stereocenters. The Bertz CT molecular complexity index is 394. The van der Waals surface area contributed by atoms with E-state index < -0.39 is 0 Å². The molecule has 0 heterocycles. The first-order valence-electron chi connectivity index (χ1n) is 5.16. The summed E-state index contributed by atoms with van der Waals surface area (Å²) in [5, 5.41) is 1.20. The highest BCUT2D eigenvalue weighted by atomic mass is 16.2. The van der Waals surface area contributed by atoms with E-state index in [1.165, 1.54) is 10.6 Å². The molecule has 0 aromatic heterocycles. The van der Waals surface area contributed by atoms with Crippen LogP contribution in [0.2, 0.25) is 0 Å². The number of amides is 1. The third-order valence-electron chi connectivity index (χ3n) is 3.05. The van der Waals surface area contributed by atoms with Crippen LogP contribution in [0, 0.1) is 6.92 Å². The summed E-state index contributed by atoms with van der Waals surface area (Å²) in [7, 11) is 1.61. The molecule has 0 radical (unpaired) electrons. The van der Waals surface area contributed by atoms with E-state index in [2.05, 4.69) is 6.07 Å². The van der Waals surface area contributed by atoms with Gasteiger partial charge in [0.05, 0.1) is 5.41 Å². The predicted octanol–water partition coefficient (Wildman–Crippen LogP) is 1.36. The number of benzene rings is 1. The van der Waals surface area contributed by atoms with Gasteiger partial charge < -0.3 is 0 Å². The van der Waals surface area contributed by atoms with Gasteiger partial charge in [-0.1, -0.05) is 29.8 Å². The zero-order valence-electron chi connectivity index (χ0n) is 9.16. The van der Waals surface area contributed by atoms with E-state index in [1.54, 1.807) is 7.05 Å². The summed E-state index contributed by atoms with van der Waals surface area (Å²) in [6.07, 6.45) is 1.83. The second kappa shape index (κ2) is 3.35. The fraction of sp³-hybridized carbons (Fsp3) is 0.417. The zero-order chi connectivity index (χ0) is 11.1. The first-order valence-corrected chi connectivity index (χ1v) is 5.16. The van der Waals surface area contributed by atoms with Gasteiger partial charge in [0.2, 0.25) is 5.91 Å². The number of hydrazine groups is 1. The van der Waals surface area contributed by atoms with Crippen molar-refractivity contribution in [2.45, 2.75) is 25.2 Å². The number of nitrogens with two attached hydrogens (primary N) is 1. The molecule has 1 fully saturated rings. The lowest BCUT2D eigenvalue weighted by molar-refractivity contribution is -0.132. The Morgan fingerprint density at radius 2 is 2.13 bits per heavy atom. The topological polar surface area (TPSA) is 46.3 Å². The summed E-state index contributed by atoms with van der Waals surface area (Å²) in [5.41, 5.74) is 1.96. The fourth-order valence-corrected chi connectivity index (χ4v) is 2.03. The minimum Gasteiger partial charge on any atom is -0.283 e. The van der Waals surface area contributed by atoms with Crippen LogP contribution < -0.4 is 5.84 Å². The molecule has 3 nitrogen and oxygen atoms in total. The standard InChI is InChI=1S/C12H16N2O/c1-9-4-3-5-10(8-9)12(6-7-12)11(15)14(2)13/h3-5,8H,6-7,13H2,1-2H3. The molecule has 1 aliphatic carbocycles. The third kappa shape index (κ3) is 1.63. The van der Waals surface area contributed by atoms with Crippen molar-refractivity contribution in [1.29, 1.82) is 0 Å². The van der Waals surface area contributed by atoms with Crippen molar-refractivity contribution >= 4 is 5.91 Å². The maximum absolute atomic E-state index is 11.9. The number of likely N-dealkylation sites (N-methyl/N-ethyl adjacent to an activating group) is 1. The van der Waals surface area contributed by atoms with Crippen LogP contribution in [0.1, 0.15) is 24.0 Å². The average Bonchev–Trinajstić information content (AvgIpc) is 2.97. The second-order valence-corrected chi connectivity index (χ2v) is 4.37. The van der Waals surface area contributed by atoms with Gasteiger partial charge in [-0.3, -0.25) is 9.80 Å². The van der Waals surface area contributed by atoms with Gasteiger partial charge in [-0.15, -0.1) is 0 Å². The van der Waals surface area contributed by atoms with Crippen molar-refractivity contribution in [3.63, 3.8) is 0 Å². The summed E-state index contributed by atoms with van der Waals surface area (Å²) in [4.78, 5) is 11.9. The van der Waals surface area contributed by atoms with Gasteiger partial charge in [-0.05, 0) is 25.3 Å². The van der Waals surface area contributed by atoms with E-state index in [4.69, 9.17) is 5.84 Å². The summed E-state index contributed by atoms with van der Waals surface area (Å²) in [6.45, 7) is 2.04. The fourth-order valence-electron chi connectivity index (χ4n) is 2.03. The molecular formula is C12H16N2O. The number of rotatable bonds is 2. The molecule has 0 saturated heterocycles. The molecule has 2 N–H and O–H groups in total. The van der Waals surface area contributed by atoms with E-state index >= 15 is 0 Å². The van der Waals surface area contributed by atoms with Crippen molar-refractivity contribution in [2.24, 2.45) is 5.84 Å². The molecule has 1 aliphatic rings. The number of aryl methyl sites for hydroxylation is 1. The van der Waals surface area contributed by atoms with Gasteiger partial charge in [0.15, 0.2) is 0 Å². The van der Waals surface area contributed by atoms with Crippen molar-refractivity contribution in [1.82, 2.24) is 5.01 Å². The Balaban J connectivity index is 2.35. The van der Waals surface area contributed by atoms with Crippen LogP contribution in [0.15, 0.2) is 24.3 Å². The van der Waals surface area contributed by atoms with Gasteiger partial charge >= 0.3 is 0 Å². The Morgan fingerprint density at radius 3 is 2.60 bits per heavy atom. The molecule has 0 aliphatic heterocycles. The molecule has 1 aromatic carbocycles. The Hall–Kier alpha value is -1.35.